The molecule has 21 heavy (non-hydrogen) atoms. The summed E-state index contributed by atoms with van der Waals surface area (Å²) in [4.78, 5) is 21.3. The number of ether oxygens (including phenoxy) is 1. The first-order valence-electron chi connectivity index (χ1n) is 6.74. The van der Waals surface area contributed by atoms with Crippen molar-refractivity contribution in [3.63, 3.8) is 0 Å². The van der Waals surface area contributed by atoms with Crippen molar-refractivity contribution < 1.29 is 14.6 Å². The number of rotatable bonds is 3. The SMILES string of the molecule is O=C(O)c1cncnc1CN1CCCOc2ccccc21. The number of hydrogen-bond acceptors (Lipinski definition) is 5. The quantitative estimate of drug-likeness (QED) is 0.929. The third kappa shape index (κ3) is 2.79. The van der Waals surface area contributed by atoms with Gasteiger partial charge < -0.3 is 14.7 Å². The van der Waals surface area contributed by atoms with Crippen LogP contribution < -0.4 is 9.64 Å². The van der Waals surface area contributed by atoms with E-state index in [-0.39, 0.29) is 5.56 Å². The predicted octanol–water partition coefficient (Wildman–Crippen LogP) is 1.96. The third-order valence-electron chi connectivity index (χ3n) is 3.40. The van der Waals surface area contributed by atoms with Crippen LogP contribution in [0.2, 0.25) is 0 Å². The molecule has 0 bridgehead atoms. The highest BCUT2D eigenvalue weighted by atomic mass is 16.5. The Morgan fingerprint density at radius 1 is 1.38 bits per heavy atom. The minimum atomic E-state index is -1.01. The fourth-order valence-corrected chi connectivity index (χ4v) is 2.40. The van der Waals surface area contributed by atoms with Crippen LogP contribution in [0.15, 0.2) is 36.8 Å². The topological polar surface area (TPSA) is 75.5 Å². The number of nitrogens with zero attached hydrogens (tertiary/aromatic N) is 3. The van der Waals surface area contributed by atoms with Crippen molar-refractivity contribution in [2.45, 2.75) is 13.0 Å². The fraction of sp³-hybridized carbons (Fsp3) is 0.267. The molecule has 0 saturated carbocycles. The molecular weight excluding hydrogens is 270 g/mol. The predicted molar refractivity (Wildman–Crippen MR) is 76.6 cm³/mol. The summed E-state index contributed by atoms with van der Waals surface area (Å²) in [6.07, 6.45) is 3.59. The number of hydrogen-bond donors (Lipinski definition) is 1. The first-order chi connectivity index (χ1) is 10.3. The largest absolute Gasteiger partial charge is 0.491 e. The zero-order valence-electron chi connectivity index (χ0n) is 11.4. The number of fused-ring (bicyclic) bond motifs is 1. The fourth-order valence-electron chi connectivity index (χ4n) is 2.40. The summed E-state index contributed by atoms with van der Waals surface area (Å²) in [6.45, 7) is 1.87. The van der Waals surface area contributed by atoms with Crippen LogP contribution in [0.25, 0.3) is 0 Å². The molecule has 0 aliphatic carbocycles. The maximum atomic E-state index is 11.3. The second kappa shape index (κ2) is 5.78. The van der Waals surface area contributed by atoms with E-state index in [2.05, 4.69) is 14.9 Å². The zero-order chi connectivity index (χ0) is 14.7. The van der Waals surface area contributed by atoms with Crippen molar-refractivity contribution >= 4 is 11.7 Å². The molecule has 0 radical (unpaired) electrons. The van der Waals surface area contributed by atoms with Crippen molar-refractivity contribution in [2.75, 3.05) is 18.1 Å². The first-order valence-corrected chi connectivity index (χ1v) is 6.74. The molecule has 108 valence electrons. The summed E-state index contributed by atoms with van der Waals surface area (Å²) in [7, 11) is 0. The number of aromatic nitrogens is 2. The van der Waals surface area contributed by atoms with Crippen molar-refractivity contribution in [3.05, 3.63) is 48.0 Å². The van der Waals surface area contributed by atoms with E-state index in [4.69, 9.17) is 4.74 Å². The van der Waals surface area contributed by atoms with Gasteiger partial charge in [-0.05, 0) is 18.6 Å². The van der Waals surface area contributed by atoms with Crippen LogP contribution in [0.4, 0.5) is 5.69 Å². The number of anilines is 1. The van der Waals surface area contributed by atoms with Gasteiger partial charge in [0.1, 0.15) is 17.6 Å². The van der Waals surface area contributed by atoms with Gasteiger partial charge in [0.05, 0.1) is 24.5 Å². The Hall–Kier alpha value is -2.63. The van der Waals surface area contributed by atoms with E-state index in [0.717, 1.165) is 24.4 Å². The van der Waals surface area contributed by atoms with Gasteiger partial charge in [0.25, 0.3) is 0 Å². The Morgan fingerprint density at radius 3 is 3.10 bits per heavy atom. The Kier molecular flexibility index (Phi) is 3.68. The Labute approximate surface area is 122 Å². The smallest absolute Gasteiger partial charge is 0.339 e. The summed E-state index contributed by atoms with van der Waals surface area (Å²) in [6, 6.07) is 7.77. The number of carbonyl (C=O) groups is 1. The summed E-state index contributed by atoms with van der Waals surface area (Å²) >= 11 is 0. The second-order valence-corrected chi connectivity index (χ2v) is 4.78. The Balaban J connectivity index is 1.93. The molecular formula is C15H15N3O3. The second-order valence-electron chi connectivity index (χ2n) is 4.78. The first kappa shape index (κ1) is 13.4. The average molecular weight is 285 g/mol. The van der Waals surface area contributed by atoms with Crippen molar-refractivity contribution in [1.82, 2.24) is 9.97 Å². The Bertz CT molecular complexity index is 660. The summed E-state index contributed by atoms with van der Waals surface area (Å²) in [5.74, 6) is -0.189. The molecule has 1 aromatic carbocycles. The van der Waals surface area contributed by atoms with Gasteiger partial charge in [0, 0.05) is 12.7 Å². The molecule has 6 heteroatoms. The van der Waals surface area contributed by atoms with Gasteiger partial charge in [0.2, 0.25) is 0 Å². The van der Waals surface area contributed by atoms with E-state index < -0.39 is 5.97 Å². The molecule has 0 spiro atoms. The van der Waals surface area contributed by atoms with Gasteiger partial charge in [0.15, 0.2) is 0 Å². The molecule has 6 nitrogen and oxygen atoms in total. The van der Waals surface area contributed by atoms with Crippen LogP contribution in [0.1, 0.15) is 22.5 Å². The molecule has 0 unspecified atom stereocenters. The van der Waals surface area contributed by atoms with Crippen LogP contribution in [0.5, 0.6) is 5.75 Å². The van der Waals surface area contributed by atoms with Gasteiger partial charge in [-0.3, -0.25) is 0 Å². The lowest BCUT2D eigenvalue weighted by Crippen LogP contribution is -2.25. The molecule has 2 aromatic rings. The monoisotopic (exact) mass is 285 g/mol. The highest BCUT2D eigenvalue weighted by Crippen LogP contribution is 2.31. The summed E-state index contributed by atoms with van der Waals surface area (Å²) < 4.78 is 5.70. The van der Waals surface area contributed by atoms with E-state index in [0.29, 0.717) is 18.8 Å². The molecule has 1 N–H and O–H groups in total. The van der Waals surface area contributed by atoms with E-state index in [1.807, 2.05) is 24.3 Å². The van der Waals surface area contributed by atoms with Gasteiger partial charge in [-0.1, -0.05) is 12.1 Å². The van der Waals surface area contributed by atoms with Gasteiger partial charge >= 0.3 is 5.97 Å². The summed E-state index contributed by atoms with van der Waals surface area (Å²) in [5.41, 5.74) is 1.61. The van der Waals surface area contributed by atoms with E-state index in [1.54, 1.807) is 0 Å². The molecule has 0 saturated heterocycles. The molecule has 0 fully saturated rings. The minimum absolute atomic E-state index is 0.139. The molecule has 1 aliphatic rings. The third-order valence-corrected chi connectivity index (χ3v) is 3.40. The van der Waals surface area contributed by atoms with Crippen LogP contribution >= 0.6 is 0 Å². The standard InChI is InChI=1S/C15H15N3O3/c19-15(20)11-8-16-10-17-12(11)9-18-6-3-7-21-14-5-2-1-4-13(14)18/h1-2,4-5,8,10H,3,6-7,9H2,(H,19,20). The molecule has 2 heterocycles. The van der Waals surface area contributed by atoms with E-state index in [9.17, 15) is 9.90 Å². The lowest BCUT2D eigenvalue weighted by atomic mass is 10.2. The van der Waals surface area contributed by atoms with Crippen LogP contribution in [-0.2, 0) is 6.54 Å². The molecule has 0 atom stereocenters. The van der Waals surface area contributed by atoms with Crippen LogP contribution in [0, 0.1) is 0 Å². The lowest BCUT2D eigenvalue weighted by Gasteiger charge is -2.23. The van der Waals surface area contributed by atoms with Gasteiger partial charge in [-0.15, -0.1) is 0 Å². The van der Waals surface area contributed by atoms with Gasteiger partial charge in [-0.2, -0.15) is 0 Å². The average Bonchev–Trinajstić information content (AvgIpc) is 2.70. The van der Waals surface area contributed by atoms with Crippen LogP contribution in [-0.4, -0.2) is 34.2 Å². The number of carboxylic acid groups (broad SMARTS) is 1. The molecule has 1 aliphatic heterocycles. The number of aromatic carboxylic acids is 1. The van der Waals surface area contributed by atoms with E-state index >= 15 is 0 Å². The lowest BCUT2D eigenvalue weighted by molar-refractivity contribution is 0.0694. The van der Waals surface area contributed by atoms with Crippen molar-refractivity contribution in [1.29, 1.82) is 0 Å². The number of benzene rings is 1. The Morgan fingerprint density at radius 2 is 2.24 bits per heavy atom. The molecule has 1 aromatic heterocycles. The molecule has 0 amide bonds. The minimum Gasteiger partial charge on any atom is -0.491 e. The van der Waals surface area contributed by atoms with Crippen molar-refractivity contribution in [3.8, 4) is 5.75 Å². The van der Waals surface area contributed by atoms with Crippen molar-refractivity contribution in [2.24, 2.45) is 0 Å². The summed E-state index contributed by atoms with van der Waals surface area (Å²) in [5, 5.41) is 9.22. The number of carboxylic acids is 1. The zero-order valence-corrected chi connectivity index (χ0v) is 11.4. The molecule has 3 rings (SSSR count). The highest BCUT2D eigenvalue weighted by Gasteiger charge is 2.19. The normalized spacial score (nSPS) is 14.0. The maximum absolute atomic E-state index is 11.3. The van der Waals surface area contributed by atoms with Crippen LogP contribution in [0.3, 0.4) is 0 Å². The maximum Gasteiger partial charge on any atom is 0.339 e. The van der Waals surface area contributed by atoms with E-state index in [1.165, 1.54) is 12.5 Å². The number of para-hydroxylation sites is 2. The van der Waals surface area contributed by atoms with Gasteiger partial charge in [-0.25, -0.2) is 14.8 Å². The highest BCUT2D eigenvalue weighted by molar-refractivity contribution is 5.88.